The molecule has 5 rings (SSSR count). The molecule has 2 aliphatic heterocycles. The number of likely N-dealkylation sites (tertiary alicyclic amines) is 1. The maximum Gasteiger partial charge on any atom is 0.228 e. The summed E-state index contributed by atoms with van der Waals surface area (Å²) in [6, 6.07) is 3.69. The van der Waals surface area contributed by atoms with Crippen molar-refractivity contribution in [2.24, 2.45) is 28.3 Å². The third kappa shape index (κ3) is 6.32. The third-order valence-electron chi connectivity index (χ3n) is 9.64. The third-order valence-corrected chi connectivity index (χ3v) is 9.99. The number of fused-ring (bicyclic) bond motifs is 1. The second-order valence-electron chi connectivity index (χ2n) is 13.6. The van der Waals surface area contributed by atoms with Crippen LogP contribution in [0.15, 0.2) is 24.0 Å². The highest BCUT2D eigenvalue weighted by atomic mass is 35.5. The number of rotatable bonds is 9. The van der Waals surface area contributed by atoms with Crippen molar-refractivity contribution in [1.29, 1.82) is 0 Å². The monoisotopic (exact) mass is 586 g/mol. The Hall–Kier alpha value is -2.49. The van der Waals surface area contributed by atoms with E-state index < -0.39 is 6.17 Å². The zero-order valence-electron chi connectivity index (χ0n) is 25.1. The van der Waals surface area contributed by atoms with E-state index in [1.165, 1.54) is 0 Å². The molecule has 0 bridgehead atoms. The molecule has 3 fully saturated rings. The Morgan fingerprint density at radius 2 is 1.95 bits per heavy atom. The molecule has 0 aromatic heterocycles. The highest BCUT2D eigenvalue weighted by molar-refractivity contribution is 6.31. The van der Waals surface area contributed by atoms with Crippen molar-refractivity contribution in [3.8, 4) is 5.75 Å². The van der Waals surface area contributed by atoms with Gasteiger partial charge in [-0.1, -0.05) is 38.3 Å². The van der Waals surface area contributed by atoms with Crippen LogP contribution in [-0.2, 0) is 16.0 Å². The maximum absolute atomic E-state index is 14.4. The summed E-state index contributed by atoms with van der Waals surface area (Å²) in [7, 11) is 3.98. The van der Waals surface area contributed by atoms with Gasteiger partial charge in [-0.15, -0.1) is 0 Å². The van der Waals surface area contributed by atoms with E-state index in [0.717, 1.165) is 56.2 Å². The largest absolute Gasteiger partial charge is 0.487 e. The van der Waals surface area contributed by atoms with Crippen molar-refractivity contribution in [3.63, 3.8) is 0 Å². The van der Waals surface area contributed by atoms with Crippen LogP contribution in [0.5, 0.6) is 5.75 Å². The number of carbonyl (C=O) groups excluding carboxylic acids is 2. The van der Waals surface area contributed by atoms with E-state index in [0.29, 0.717) is 48.9 Å². The molecule has 2 aliphatic carbocycles. The van der Waals surface area contributed by atoms with E-state index in [-0.39, 0.29) is 35.2 Å². The van der Waals surface area contributed by atoms with Crippen LogP contribution < -0.4 is 16.3 Å². The Bertz CT molecular complexity index is 1200. The Labute approximate surface area is 249 Å². The van der Waals surface area contributed by atoms with Gasteiger partial charge in [0.05, 0.1) is 5.70 Å². The number of halogens is 1. The van der Waals surface area contributed by atoms with Gasteiger partial charge in [0.1, 0.15) is 18.5 Å². The number of ether oxygens (including phenoxy) is 1. The minimum absolute atomic E-state index is 0.0530. The lowest BCUT2D eigenvalue weighted by Gasteiger charge is -2.47. The smallest absolute Gasteiger partial charge is 0.228 e. The molecule has 0 radical (unpaired) electrons. The molecular weight excluding hydrogens is 540 g/mol. The van der Waals surface area contributed by atoms with Crippen LogP contribution in [0, 0.1) is 16.7 Å². The fourth-order valence-electron chi connectivity index (χ4n) is 6.95. The Morgan fingerprint density at radius 1 is 1.20 bits per heavy atom. The van der Waals surface area contributed by atoms with Crippen molar-refractivity contribution in [2.45, 2.75) is 71.4 Å². The summed E-state index contributed by atoms with van der Waals surface area (Å²) in [4.78, 5) is 33.9. The molecule has 1 aromatic rings. The molecule has 226 valence electrons. The van der Waals surface area contributed by atoms with Crippen LogP contribution in [0.4, 0.5) is 0 Å². The molecule has 1 aromatic carbocycles. The lowest BCUT2D eigenvalue weighted by molar-refractivity contribution is -0.152. The topological polar surface area (TPSA) is 108 Å². The first kappa shape index (κ1) is 30.0. The first-order chi connectivity index (χ1) is 19.4. The summed E-state index contributed by atoms with van der Waals surface area (Å²) in [5.41, 5.74) is 8.52. The van der Waals surface area contributed by atoms with Crippen molar-refractivity contribution in [1.82, 2.24) is 19.7 Å². The molecule has 41 heavy (non-hydrogen) atoms. The van der Waals surface area contributed by atoms with E-state index in [2.05, 4.69) is 13.8 Å². The van der Waals surface area contributed by atoms with E-state index >= 15 is 0 Å². The van der Waals surface area contributed by atoms with E-state index in [1.54, 1.807) is 11.2 Å². The van der Waals surface area contributed by atoms with Gasteiger partial charge in [-0.25, -0.2) is 5.84 Å². The van der Waals surface area contributed by atoms with Gasteiger partial charge in [0.2, 0.25) is 11.8 Å². The average molecular weight is 587 g/mol. The fraction of sp³-hybridized carbons (Fsp3) is 0.677. The number of nitrogens with zero attached hydrogens (tertiary/aromatic N) is 4. The van der Waals surface area contributed by atoms with Gasteiger partial charge in [-0.2, -0.15) is 0 Å². The van der Waals surface area contributed by atoms with E-state index in [4.69, 9.17) is 27.9 Å². The van der Waals surface area contributed by atoms with Crippen LogP contribution in [0.25, 0.3) is 0 Å². The molecule has 2 unspecified atom stereocenters. The van der Waals surface area contributed by atoms with Crippen LogP contribution >= 0.6 is 11.6 Å². The van der Waals surface area contributed by atoms with Gasteiger partial charge >= 0.3 is 0 Å². The molecule has 2 heterocycles. The molecule has 1 saturated heterocycles. The Kier molecular flexibility index (Phi) is 8.52. The highest BCUT2D eigenvalue weighted by Crippen LogP contribution is 2.56. The number of hydrogen-bond donors (Lipinski definition) is 2. The zero-order chi connectivity index (χ0) is 29.5. The van der Waals surface area contributed by atoms with E-state index in [1.807, 2.05) is 40.9 Å². The zero-order valence-corrected chi connectivity index (χ0v) is 25.9. The van der Waals surface area contributed by atoms with Gasteiger partial charge in [0.15, 0.2) is 0 Å². The number of hydrazine groups is 1. The fourth-order valence-corrected chi connectivity index (χ4v) is 7.21. The highest BCUT2D eigenvalue weighted by Gasteiger charge is 2.56. The first-order valence-corrected chi connectivity index (χ1v) is 15.4. The number of likely N-dealkylation sites (N-methyl/N-ethyl adjacent to an activating group) is 1. The Balaban J connectivity index is 1.47. The lowest BCUT2D eigenvalue weighted by Crippen LogP contribution is -2.53. The van der Waals surface area contributed by atoms with E-state index in [9.17, 15) is 9.59 Å². The Morgan fingerprint density at radius 3 is 2.61 bits per heavy atom. The summed E-state index contributed by atoms with van der Waals surface area (Å²) in [6.45, 7) is 7.15. The second kappa shape index (κ2) is 11.7. The van der Waals surface area contributed by atoms with Crippen molar-refractivity contribution in [2.75, 3.05) is 46.9 Å². The van der Waals surface area contributed by atoms with Gasteiger partial charge in [0.25, 0.3) is 0 Å². The molecular formula is C31H47ClN6O3. The normalized spacial score (nSPS) is 25.0. The molecule has 4 aliphatic rings. The molecule has 9 nitrogen and oxygen atoms in total. The minimum Gasteiger partial charge on any atom is -0.487 e. The van der Waals surface area contributed by atoms with Crippen molar-refractivity contribution >= 4 is 23.4 Å². The predicted molar refractivity (Wildman–Crippen MR) is 161 cm³/mol. The molecule has 2 amide bonds. The summed E-state index contributed by atoms with van der Waals surface area (Å²) in [5.74, 6) is 6.88. The lowest BCUT2D eigenvalue weighted by atomic mass is 9.68. The van der Waals surface area contributed by atoms with Crippen molar-refractivity contribution in [3.05, 3.63) is 40.2 Å². The van der Waals surface area contributed by atoms with Gasteiger partial charge in [-0.05, 0) is 74.7 Å². The van der Waals surface area contributed by atoms with Gasteiger partial charge < -0.3 is 30.2 Å². The number of amides is 2. The number of carbonyl (C=O) groups is 2. The van der Waals surface area contributed by atoms with Crippen LogP contribution in [0.1, 0.15) is 76.1 Å². The first-order valence-electron chi connectivity index (χ1n) is 15.1. The molecule has 2 atom stereocenters. The number of hydrogen-bond acceptors (Lipinski definition) is 7. The van der Waals surface area contributed by atoms with Crippen LogP contribution in [0.3, 0.4) is 0 Å². The second-order valence-corrected chi connectivity index (χ2v) is 14.0. The number of nitrogens with two attached hydrogens (primary N) is 2. The van der Waals surface area contributed by atoms with Crippen LogP contribution in [0.2, 0.25) is 5.02 Å². The van der Waals surface area contributed by atoms with Gasteiger partial charge in [0, 0.05) is 55.3 Å². The summed E-state index contributed by atoms with van der Waals surface area (Å²) in [6.07, 6.45) is 8.53. The standard InChI is InChI=1S/C31H47ClN6O3/c1-30(2)11-6-5-7-23(30)29(40)37-14-10-22-24(32)8-9-25(41-19-21(33)18-36(34)16-15-35(3)4)27(22)28(37)38-20-31(12-13-31)17-26(38)39/h8-9,18,23,28H,5-7,10-17,19-20,33-34H2,1-4H3/b21-18-. The molecule has 2 saturated carbocycles. The maximum atomic E-state index is 14.4. The van der Waals surface area contributed by atoms with Crippen molar-refractivity contribution < 1.29 is 14.3 Å². The molecule has 10 heteroatoms. The quantitative estimate of drug-likeness (QED) is 0.334. The van der Waals surface area contributed by atoms with Gasteiger partial charge in [-0.3, -0.25) is 9.59 Å². The SMILES string of the molecule is CN(C)CCN(N)/C=C(\N)COc1ccc(Cl)c2c1C(N1CC3(CC3)CC1=O)N(C(=O)C1CCCCC1(C)C)CC2. The summed E-state index contributed by atoms with van der Waals surface area (Å²) in [5, 5.41) is 2.19. The minimum atomic E-state index is -0.540. The average Bonchev–Trinajstić information content (AvgIpc) is 3.59. The van der Waals surface area contributed by atoms with Crippen LogP contribution in [-0.4, -0.2) is 78.4 Å². The predicted octanol–water partition coefficient (Wildman–Crippen LogP) is 3.87. The molecule has 4 N–H and O–H groups in total. The number of benzene rings is 1. The molecule has 1 spiro atoms. The summed E-state index contributed by atoms with van der Waals surface area (Å²) < 4.78 is 6.33. The summed E-state index contributed by atoms with van der Waals surface area (Å²) >= 11 is 6.78.